The lowest BCUT2D eigenvalue weighted by molar-refractivity contribution is 0.297. The average Bonchev–Trinajstić information content (AvgIpc) is 3.01. The summed E-state index contributed by atoms with van der Waals surface area (Å²) >= 11 is 0. The Kier molecular flexibility index (Phi) is 15.6. The van der Waals surface area contributed by atoms with Gasteiger partial charge in [0.1, 0.15) is 5.75 Å². The van der Waals surface area contributed by atoms with Crippen LogP contribution in [0.2, 0.25) is 0 Å². The Morgan fingerprint density at radius 3 is 1.59 bits per heavy atom. The largest absolute Gasteiger partial charge is 0.493 e. The van der Waals surface area contributed by atoms with Crippen molar-refractivity contribution in [2.24, 2.45) is 0 Å². The molecule has 41 heavy (non-hydrogen) atoms. The zero-order valence-electron chi connectivity index (χ0n) is 25.7. The predicted molar refractivity (Wildman–Crippen MR) is 172 cm³/mol. The van der Waals surface area contributed by atoms with Crippen molar-refractivity contribution in [3.8, 4) is 28.0 Å². The highest BCUT2D eigenvalue weighted by molar-refractivity contribution is 5.72. The minimum absolute atomic E-state index is 0.270. The molecule has 0 N–H and O–H groups in total. The zero-order valence-corrected chi connectivity index (χ0v) is 25.7. The monoisotopic (exact) mass is 562 g/mol. The van der Waals surface area contributed by atoms with E-state index in [0.717, 1.165) is 43.2 Å². The number of rotatable bonds is 21. The first-order valence-electron chi connectivity index (χ1n) is 16.4. The lowest BCUT2D eigenvalue weighted by atomic mass is 9.96. The molecule has 0 spiro atoms. The van der Waals surface area contributed by atoms with Gasteiger partial charge in [0.2, 0.25) is 0 Å². The number of hydrogen-bond donors (Lipinski definition) is 0. The summed E-state index contributed by atoms with van der Waals surface area (Å²) in [5.74, 6) is -1.01. The van der Waals surface area contributed by atoms with Crippen molar-refractivity contribution in [2.75, 3.05) is 6.61 Å². The van der Waals surface area contributed by atoms with Gasteiger partial charge in [0.25, 0.3) is 0 Å². The van der Waals surface area contributed by atoms with E-state index < -0.39 is 11.6 Å². The van der Waals surface area contributed by atoms with E-state index in [-0.39, 0.29) is 5.56 Å². The normalized spacial score (nSPS) is 11.2. The Morgan fingerprint density at radius 1 is 0.512 bits per heavy atom. The van der Waals surface area contributed by atoms with E-state index in [1.54, 1.807) is 6.07 Å². The highest BCUT2D eigenvalue weighted by atomic mass is 19.2. The van der Waals surface area contributed by atoms with E-state index in [1.807, 2.05) is 54.6 Å². The van der Waals surface area contributed by atoms with Crippen molar-refractivity contribution >= 4 is 0 Å². The Hall–Kier alpha value is -2.68. The highest BCUT2D eigenvalue weighted by Crippen LogP contribution is 2.35. The third kappa shape index (κ3) is 11.3. The third-order valence-electron chi connectivity index (χ3n) is 8.11. The lowest BCUT2D eigenvalue weighted by Gasteiger charge is -2.16. The molecule has 0 aromatic heterocycles. The fraction of sp³-hybridized carbons (Fsp3) is 0.526. The molecular formula is C38H52F2O. The summed E-state index contributed by atoms with van der Waals surface area (Å²) in [5, 5.41) is 0. The van der Waals surface area contributed by atoms with Gasteiger partial charge in [-0.15, -0.1) is 0 Å². The highest BCUT2D eigenvalue weighted by Gasteiger charge is 2.20. The molecule has 0 heterocycles. The van der Waals surface area contributed by atoms with Crippen LogP contribution in [0.4, 0.5) is 8.78 Å². The molecule has 0 saturated heterocycles. The van der Waals surface area contributed by atoms with Crippen LogP contribution in [-0.4, -0.2) is 6.61 Å². The molecule has 0 aliphatic rings. The summed E-state index contributed by atoms with van der Waals surface area (Å²) in [7, 11) is 0. The Labute approximate surface area is 248 Å². The summed E-state index contributed by atoms with van der Waals surface area (Å²) < 4.78 is 37.2. The van der Waals surface area contributed by atoms with Crippen molar-refractivity contribution in [3.05, 3.63) is 77.9 Å². The molecule has 0 fully saturated rings. The SMILES string of the molecule is CCCCCCCCCCCCc1c(OCCCCCCCC)cc(-c2ccc(-c3ccccc3)cc2)c(F)c1F. The minimum Gasteiger partial charge on any atom is -0.493 e. The summed E-state index contributed by atoms with van der Waals surface area (Å²) in [6.45, 7) is 5.00. The maximum atomic E-state index is 15.6. The molecule has 224 valence electrons. The smallest absolute Gasteiger partial charge is 0.167 e. The van der Waals surface area contributed by atoms with Crippen LogP contribution in [0.1, 0.15) is 122 Å². The van der Waals surface area contributed by atoms with Crippen molar-refractivity contribution < 1.29 is 13.5 Å². The minimum atomic E-state index is -0.772. The predicted octanol–water partition coefficient (Wildman–Crippen LogP) is 12.5. The molecule has 0 atom stereocenters. The third-order valence-corrected chi connectivity index (χ3v) is 8.11. The van der Waals surface area contributed by atoms with Crippen molar-refractivity contribution in [1.29, 1.82) is 0 Å². The molecule has 3 heteroatoms. The van der Waals surface area contributed by atoms with Gasteiger partial charge in [0.15, 0.2) is 11.6 Å². The van der Waals surface area contributed by atoms with Crippen molar-refractivity contribution in [1.82, 2.24) is 0 Å². The number of hydrogen-bond acceptors (Lipinski definition) is 1. The van der Waals surface area contributed by atoms with Crippen molar-refractivity contribution in [3.63, 3.8) is 0 Å². The van der Waals surface area contributed by atoms with Gasteiger partial charge in [-0.1, -0.05) is 158 Å². The van der Waals surface area contributed by atoms with E-state index in [9.17, 15) is 0 Å². The second kappa shape index (κ2) is 19.4. The topological polar surface area (TPSA) is 9.23 Å². The van der Waals surface area contributed by atoms with Crippen LogP contribution in [0.5, 0.6) is 5.75 Å². The van der Waals surface area contributed by atoms with E-state index in [4.69, 9.17) is 4.74 Å². The molecular weight excluding hydrogens is 510 g/mol. The van der Waals surface area contributed by atoms with Gasteiger partial charge in [-0.3, -0.25) is 0 Å². The van der Waals surface area contributed by atoms with Gasteiger partial charge in [0.05, 0.1) is 6.61 Å². The van der Waals surface area contributed by atoms with E-state index in [2.05, 4.69) is 13.8 Å². The first kappa shape index (κ1) is 32.8. The van der Waals surface area contributed by atoms with Crippen molar-refractivity contribution in [2.45, 2.75) is 123 Å². The molecule has 0 saturated carbocycles. The quantitative estimate of drug-likeness (QED) is 0.117. The lowest BCUT2D eigenvalue weighted by Crippen LogP contribution is -2.06. The van der Waals surface area contributed by atoms with Gasteiger partial charge in [-0.05, 0) is 42.0 Å². The first-order chi connectivity index (χ1) is 20.2. The van der Waals surface area contributed by atoms with Gasteiger partial charge < -0.3 is 4.74 Å². The molecule has 0 aliphatic heterocycles. The molecule has 0 aliphatic carbocycles. The molecule has 0 unspecified atom stereocenters. The maximum Gasteiger partial charge on any atom is 0.167 e. The fourth-order valence-corrected chi connectivity index (χ4v) is 5.54. The Balaban J connectivity index is 1.65. The van der Waals surface area contributed by atoms with Crippen LogP contribution in [-0.2, 0) is 6.42 Å². The molecule has 0 amide bonds. The van der Waals surface area contributed by atoms with E-state index in [1.165, 1.54) is 70.6 Å². The number of unbranched alkanes of at least 4 members (excludes halogenated alkanes) is 14. The number of benzene rings is 3. The van der Waals surface area contributed by atoms with Gasteiger partial charge >= 0.3 is 0 Å². The summed E-state index contributed by atoms with van der Waals surface area (Å²) in [4.78, 5) is 0. The molecule has 3 rings (SSSR count). The first-order valence-corrected chi connectivity index (χ1v) is 16.4. The summed E-state index contributed by atoms with van der Waals surface area (Å²) in [6.07, 6.45) is 19.6. The summed E-state index contributed by atoms with van der Waals surface area (Å²) in [6, 6.07) is 19.5. The van der Waals surface area contributed by atoms with Crippen LogP contribution in [0, 0.1) is 11.6 Å². The van der Waals surface area contributed by atoms with Crippen LogP contribution in [0.25, 0.3) is 22.3 Å². The zero-order chi connectivity index (χ0) is 29.1. The van der Waals surface area contributed by atoms with E-state index >= 15 is 8.78 Å². The number of ether oxygens (including phenoxy) is 1. The summed E-state index contributed by atoms with van der Waals surface area (Å²) in [5.41, 5.74) is 3.48. The maximum absolute atomic E-state index is 15.6. The van der Waals surface area contributed by atoms with E-state index in [0.29, 0.717) is 29.9 Å². The second-order valence-electron chi connectivity index (χ2n) is 11.5. The molecule has 3 aromatic carbocycles. The molecule has 0 bridgehead atoms. The number of halogens is 2. The fourth-order valence-electron chi connectivity index (χ4n) is 5.54. The van der Waals surface area contributed by atoms with Crippen LogP contribution in [0.15, 0.2) is 60.7 Å². The van der Waals surface area contributed by atoms with Gasteiger partial charge in [0, 0.05) is 11.1 Å². The molecule has 0 radical (unpaired) electrons. The van der Waals surface area contributed by atoms with Crippen LogP contribution in [0.3, 0.4) is 0 Å². The average molecular weight is 563 g/mol. The van der Waals surface area contributed by atoms with Gasteiger partial charge in [-0.25, -0.2) is 8.78 Å². The second-order valence-corrected chi connectivity index (χ2v) is 11.5. The Bertz CT molecular complexity index is 1110. The van der Waals surface area contributed by atoms with Crippen LogP contribution < -0.4 is 4.74 Å². The van der Waals surface area contributed by atoms with Gasteiger partial charge in [-0.2, -0.15) is 0 Å². The Morgan fingerprint density at radius 2 is 1.00 bits per heavy atom. The van der Waals surface area contributed by atoms with Crippen LogP contribution >= 0.6 is 0 Å². The molecule has 1 nitrogen and oxygen atoms in total. The standard InChI is InChI=1S/C38H52F2O/c1-3-5-7-9-11-12-13-14-15-20-24-34-36(41-29-21-16-10-8-6-4-2)30-35(38(40)37(34)39)33-27-25-32(26-28-33)31-22-18-17-19-23-31/h17-19,22-23,25-28,30H,3-16,20-21,24,29H2,1-2H3. The molecule has 3 aromatic rings.